The number of nitrogens with zero attached hydrogens (tertiary/aromatic N) is 4. The lowest BCUT2D eigenvalue weighted by Gasteiger charge is -2.14. The summed E-state index contributed by atoms with van der Waals surface area (Å²) in [6.07, 6.45) is 1.46. The number of aromatic amines is 1. The lowest BCUT2D eigenvalue weighted by atomic mass is 9.99. The quantitative estimate of drug-likeness (QED) is 0.587. The highest BCUT2D eigenvalue weighted by molar-refractivity contribution is 5.76. The molecule has 1 heterocycles. The van der Waals surface area contributed by atoms with Gasteiger partial charge in [-0.05, 0) is 29.2 Å². The number of hydrogen-bond acceptors (Lipinski definition) is 6. The summed E-state index contributed by atoms with van der Waals surface area (Å²) in [7, 11) is 0. The predicted molar refractivity (Wildman–Crippen MR) is 78.3 cm³/mol. The first-order valence-electron chi connectivity index (χ1n) is 6.47. The third-order valence-electron chi connectivity index (χ3n) is 3.11. The van der Waals surface area contributed by atoms with Crippen molar-refractivity contribution in [3.63, 3.8) is 0 Å². The molecule has 3 N–H and O–H groups in total. The second-order valence-corrected chi connectivity index (χ2v) is 4.90. The standard InChI is InChI=1S/C14H16N6O/c1-8(2)11-5-4-9(3)12(13(11)21)16-7-10(6-15)14-17-19-20-18-14/h4-5,7-8,16,21H,1-3H3,(H,17,18,19,20). The van der Waals surface area contributed by atoms with Crippen LogP contribution in [-0.4, -0.2) is 25.7 Å². The minimum atomic E-state index is 0.187. The number of hydrogen-bond donors (Lipinski definition) is 3. The molecule has 0 unspecified atom stereocenters. The topological polar surface area (TPSA) is 111 Å². The Hall–Kier alpha value is -2.88. The Morgan fingerprint density at radius 2 is 2.24 bits per heavy atom. The zero-order chi connectivity index (χ0) is 15.4. The molecule has 0 saturated carbocycles. The minimum absolute atomic E-state index is 0.187. The van der Waals surface area contributed by atoms with Crippen molar-refractivity contribution >= 4 is 11.3 Å². The average molecular weight is 284 g/mol. The van der Waals surface area contributed by atoms with Crippen molar-refractivity contribution in [2.45, 2.75) is 26.7 Å². The molecule has 21 heavy (non-hydrogen) atoms. The van der Waals surface area contributed by atoms with E-state index in [1.807, 2.05) is 39.0 Å². The van der Waals surface area contributed by atoms with Crippen LogP contribution in [0.5, 0.6) is 5.75 Å². The predicted octanol–water partition coefficient (Wildman–Crippen LogP) is 2.31. The number of benzene rings is 1. The highest BCUT2D eigenvalue weighted by atomic mass is 16.3. The van der Waals surface area contributed by atoms with Gasteiger partial charge < -0.3 is 10.4 Å². The largest absolute Gasteiger partial charge is 0.505 e. The van der Waals surface area contributed by atoms with E-state index in [0.29, 0.717) is 5.69 Å². The lowest BCUT2D eigenvalue weighted by molar-refractivity contribution is 0.467. The maximum absolute atomic E-state index is 10.3. The second-order valence-electron chi connectivity index (χ2n) is 4.90. The van der Waals surface area contributed by atoms with Crippen molar-refractivity contribution in [3.8, 4) is 11.8 Å². The molecule has 7 heteroatoms. The summed E-state index contributed by atoms with van der Waals surface area (Å²) in [5, 5.41) is 35.6. The number of nitriles is 1. The summed E-state index contributed by atoms with van der Waals surface area (Å²) in [6.45, 7) is 5.88. The van der Waals surface area contributed by atoms with Gasteiger partial charge in [0.05, 0.1) is 5.69 Å². The van der Waals surface area contributed by atoms with Crippen molar-refractivity contribution in [1.29, 1.82) is 5.26 Å². The van der Waals surface area contributed by atoms with E-state index >= 15 is 0 Å². The molecule has 2 aromatic rings. The van der Waals surface area contributed by atoms with Gasteiger partial charge in [0.1, 0.15) is 17.4 Å². The number of anilines is 1. The third-order valence-corrected chi connectivity index (χ3v) is 3.11. The van der Waals surface area contributed by atoms with Gasteiger partial charge in [0, 0.05) is 6.20 Å². The molecule has 0 spiro atoms. The monoisotopic (exact) mass is 284 g/mol. The average Bonchev–Trinajstić information content (AvgIpc) is 2.96. The number of rotatable bonds is 4. The Balaban J connectivity index is 2.36. The van der Waals surface area contributed by atoms with E-state index in [9.17, 15) is 5.11 Å². The Kier molecular flexibility index (Phi) is 4.18. The second kappa shape index (κ2) is 6.05. The van der Waals surface area contributed by atoms with Gasteiger partial charge in [0.25, 0.3) is 0 Å². The minimum Gasteiger partial charge on any atom is -0.505 e. The first-order chi connectivity index (χ1) is 10.0. The SMILES string of the molecule is Cc1ccc(C(C)C)c(O)c1NC=C(C#N)c1nn[nH]n1. The molecular formula is C14H16N6O. The molecule has 108 valence electrons. The van der Waals surface area contributed by atoms with E-state index in [-0.39, 0.29) is 23.1 Å². The smallest absolute Gasteiger partial charge is 0.216 e. The summed E-state index contributed by atoms with van der Waals surface area (Å²) in [5.74, 6) is 0.580. The maximum atomic E-state index is 10.3. The molecule has 0 atom stereocenters. The summed E-state index contributed by atoms with van der Waals surface area (Å²) in [5.41, 5.74) is 2.50. The van der Waals surface area contributed by atoms with Crippen LogP contribution in [0, 0.1) is 18.3 Å². The molecule has 0 bridgehead atoms. The van der Waals surface area contributed by atoms with Crippen molar-refractivity contribution < 1.29 is 5.11 Å². The van der Waals surface area contributed by atoms with Gasteiger partial charge in [-0.3, -0.25) is 0 Å². The molecule has 0 radical (unpaired) electrons. The number of aromatic nitrogens is 4. The van der Waals surface area contributed by atoms with E-state index in [1.165, 1.54) is 6.20 Å². The van der Waals surface area contributed by atoms with Crippen LogP contribution in [0.15, 0.2) is 18.3 Å². The van der Waals surface area contributed by atoms with Gasteiger partial charge in [0.2, 0.25) is 5.82 Å². The zero-order valence-corrected chi connectivity index (χ0v) is 12.0. The number of allylic oxidation sites excluding steroid dienone is 1. The van der Waals surface area contributed by atoms with Gasteiger partial charge in [0.15, 0.2) is 0 Å². The number of aryl methyl sites for hydroxylation is 1. The van der Waals surface area contributed by atoms with Crippen LogP contribution in [0.1, 0.15) is 36.7 Å². The summed E-state index contributed by atoms with van der Waals surface area (Å²) >= 11 is 0. The van der Waals surface area contributed by atoms with Gasteiger partial charge in [-0.15, -0.1) is 10.2 Å². The molecule has 1 aromatic carbocycles. The Labute approximate surface area is 122 Å². The first kappa shape index (κ1) is 14.5. The molecule has 2 rings (SSSR count). The Bertz CT molecular complexity index is 697. The van der Waals surface area contributed by atoms with Crippen molar-refractivity contribution in [1.82, 2.24) is 20.6 Å². The van der Waals surface area contributed by atoms with Crippen LogP contribution < -0.4 is 5.32 Å². The van der Waals surface area contributed by atoms with Crippen LogP contribution in [-0.2, 0) is 0 Å². The summed E-state index contributed by atoms with van der Waals surface area (Å²) in [4.78, 5) is 0. The molecule has 0 amide bonds. The normalized spacial score (nSPS) is 11.5. The number of phenolic OH excluding ortho intramolecular Hbond substituents is 1. The molecule has 0 fully saturated rings. The van der Waals surface area contributed by atoms with E-state index in [1.54, 1.807) is 0 Å². The van der Waals surface area contributed by atoms with Gasteiger partial charge in [-0.1, -0.05) is 26.0 Å². The first-order valence-corrected chi connectivity index (χ1v) is 6.47. The Morgan fingerprint density at radius 1 is 1.48 bits per heavy atom. The third kappa shape index (κ3) is 3.00. The van der Waals surface area contributed by atoms with Crippen LogP contribution >= 0.6 is 0 Å². The highest BCUT2D eigenvalue weighted by Crippen LogP contribution is 2.35. The maximum Gasteiger partial charge on any atom is 0.216 e. The number of H-pyrrole nitrogens is 1. The van der Waals surface area contributed by atoms with Crippen LogP contribution in [0.2, 0.25) is 0 Å². The molecule has 0 aliphatic rings. The van der Waals surface area contributed by atoms with Gasteiger partial charge in [-0.2, -0.15) is 10.5 Å². The van der Waals surface area contributed by atoms with E-state index in [2.05, 4.69) is 25.9 Å². The molecule has 0 aliphatic carbocycles. The summed E-state index contributed by atoms with van der Waals surface area (Å²) < 4.78 is 0. The Morgan fingerprint density at radius 3 is 2.81 bits per heavy atom. The highest BCUT2D eigenvalue weighted by Gasteiger charge is 2.13. The molecule has 7 nitrogen and oxygen atoms in total. The van der Waals surface area contributed by atoms with Gasteiger partial charge in [-0.25, -0.2) is 0 Å². The molecule has 0 saturated heterocycles. The molecular weight excluding hydrogens is 268 g/mol. The van der Waals surface area contributed by atoms with Crippen LogP contribution in [0.3, 0.4) is 0 Å². The van der Waals surface area contributed by atoms with Gasteiger partial charge >= 0.3 is 0 Å². The fourth-order valence-corrected chi connectivity index (χ4v) is 1.92. The van der Waals surface area contributed by atoms with E-state index < -0.39 is 0 Å². The zero-order valence-electron chi connectivity index (χ0n) is 12.0. The fraction of sp³-hybridized carbons (Fsp3) is 0.286. The van der Waals surface area contributed by atoms with Crippen molar-refractivity contribution in [3.05, 3.63) is 35.3 Å². The van der Waals surface area contributed by atoms with E-state index in [4.69, 9.17) is 5.26 Å². The number of aromatic hydroxyl groups is 1. The van der Waals surface area contributed by atoms with Crippen molar-refractivity contribution in [2.75, 3.05) is 5.32 Å². The fourth-order valence-electron chi connectivity index (χ4n) is 1.92. The summed E-state index contributed by atoms with van der Waals surface area (Å²) in [6, 6.07) is 5.80. The van der Waals surface area contributed by atoms with Crippen LogP contribution in [0.4, 0.5) is 5.69 Å². The number of nitrogens with one attached hydrogen (secondary N) is 2. The van der Waals surface area contributed by atoms with Crippen LogP contribution in [0.25, 0.3) is 5.57 Å². The number of phenols is 1. The lowest BCUT2D eigenvalue weighted by Crippen LogP contribution is -1.98. The molecule has 1 aromatic heterocycles. The van der Waals surface area contributed by atoms with E-state index in [0.717, 1.165) is 11.1 Å². The number of tetrazole rings is 1. The molecule has 0 aliphatic heterocycles. The van der Waals surface area contributed by atoms with Crippen molar-refractivity contribution in [2.24, 2.45) is 0 Å².